The Bertz CT molecular complexity index is 2440. The van der Waals surface area contributed by atoms with Gasteiger partial charge in [-0.2, -0.15) is 0 Å². The van der Waals surface area contributed by atoms with Crippen LogP contribution in [0.2, 0.25) is 0 Å². The predicted molar refractivity (Wildman–Crippen MR) is 165 cm³/mol. The largest absolute Gasteiger partial charge is 0.374 e. The minimum absolute atomic E-state index is 0.123. The van der Waals surface area contributed by atoms with Crippen molar-refractivity contribution in [1.82, 2.24) is 19.4 Å². The molecule has 4 aromatic carbocycles. The molecule has 2 aromatic heterocycles. The van der Waals surface area contributed by atoms with Crippen molar-refractivity contribution in [3.63, 3.8) is 0 Å². The molecule has 2 amide bonds. The van der Waals surface area contributed by atoms with E-state index in [9.17, 15) is 9.59 Å². The summed E-state index contributed by atoms with van der Waals surface area (Å²) in [5, 5.41) is 6.76. The smallest absolute Gasteiger partial charge is 0.253 e. The molecule has 1 N–H and O–H groups in total. The van der Waals surface area contributed by atoms with Crippen LogP contribution in [-0.4, -0.2) is 52.2 Å². The quantitative estimate of drug-likeness (QED) is 0.285. The molecule has 3 aliphatic rings. The van der Waals surface area contributed by atoms with Crippen molar-refractivity contribution in [3.8, 4) is 0 Å². The van der Waals surface area contributed by atoms with E-state index in [1.165, 1.54) is 4.90 Å². The fourth-order valence-corrected chi connectivity index (χ4v) is 8.08. The van der Waals surface area contributed by atoms with Crippen LogP contribution in [0.3, 0.4) is 0 Å². The number of ether oxygens (including phenoxy) is 2. The Labute approximate surface area is 254 Å². The topological polar surface area (TPSA) is 77.7 Å². The summed E-state index contributed by atoms with van der Waals surface area (Å²) in [4.78, 5) is 29.3. The molecule has 1 saturated heterocycles. The number of nitrogens with one attached hydrogen (secondary N) is 1. The van der Waals surface area contributed by atoms with E-state index in [0.29, 0.717) is 12.1 Å². The first-order valence-electron chi connectivity index (χ1n) is 16.8. The molecular weight excluding hydrogens is 540 g/mol. The summed E-state index contributed by atoms with van der Waals surface area (Å²) in [5.41, 5.74) is 3.52. The first-order valence-corrected chi connectivity index (χ1v) is 14.3. The molecule has 1 fully saturated rings. The number of carbonyl (C=O) groups excluding carboxylic acids is 2. The average molecular weight is 576 g/mol. The van der Waals surface area contributed by atoms with Gasteiger partial charge in [0.1, 0.15) is 12.3 Å². The molecule has 9 rings (SSSR count). The van der Waals surface area contributed by atoms with E-state index in [1.54, 1.807) is 14.2 Å². The number of hydrogen-bond donors (Lipinski definition) is 1. The van der Waals surface area contributed by atoms with Crippen molar-refractivity contribution in [2.45, 2.75) is 44.0 Å². The Balaban J connectivity index is 1.37. The van der Waals surface area contributed by atoms with Crippen molar-refractivity contribution < 1.29 is 25.9 Å². The van der Waals surface area contributed by atoms with Gasteiger partial charge < -0.3 is 28.8 Å². The van der Waals surface area contributed by atoms with E-state index in [1.807, 2.05) is 49.4 Å². The first-order chi connectivity index (χ1) is 23.0. The monoisotopic (exact) mass is 575 g/mol. The molecular formula is C35H30N4O4. The Morgan fingerprint density at radius 1 is 1.05 bits per heavy atom. The number of benzene rings is 4. The van der Waals surface area contributed by atoms with Gasteiger partial charge in [-0.25, -0.2) is 0 Å². The van der Waals surface area contributed by atoms with Crippen LogP contribution in [0.4, 0.5) is 0 Å². The van der Waals surface area contributed by atoms with Gasteiger partial charge in [0, 0.05) is 54.2 Å². The number of hydrogen-bond acceptors (Lipinski definition) is 4. The lowest BCUT2D eigenvalue weighted by atomic mass is 9.91. The summed E-state index contributed by atoms with van der Waals surface area (Å²) in [5.74, 6) is -0.831. The van der Waals surface area contributed by atoms with Gasteiger partial charge >= 0.3 is 0 Å². The molecule has 0 radical (unpaired) electrons. The third-order valence-corrected chi connectivity index (χ3v) is 9.73. The van der Waals surface area contributed by atoms with E-state index in [4.69, 9.17) is 16.3 Å². The Kier molecular flexibility index (Phi) is 3.99. The number of carbonyl (C=O) groups is 2. The van der Waals surface area contributed by atoms with E-state index >= 15 is 0 Å². The lowest BCUT2D eigenvalue weighted by Crippen LogP contribution is -2.61. The molecule has 8 heteroatoms. The highest BCUT2D eigenvalue weighted by molar-refractivity contribution is 6.31. The zero-order chi connectivity index (χ0) is 33.5. The van der Waals surface area contributed by atoms with Crippen LogP contribution in [-0.2, 0) is 21.7 Å². The minimum Gasteiger partial charge on any atom is -0.374 e. The van der Waals surface area contributed by atoms with Gasteiger partial charge in [-0.3, -0.25) is 9.59 Å². The standard InChI is InChI=1S/C35H30N4O4/c1-35-32(42-3)25(37(2)34(41)19-11-5-4-6-12-19)17-26(43-35)38-23-15-9-7-13-20(23)28-29-22(18-36-33(29)40)27-21-14-8-10-16-24(21)39(35)31(27)30(28)38/h4-16,25-26,32H,17-18H2,1-3H3,(H,36,40)/t25-,26+,32-,35+/m1/s1/i4D,5D,6D,11D,12D. The van der Waals surface area contributed by atoms with E-state index in [2.05, 4.69) is 20.5 Å². The number of rotatable bonds is 3. The van der Waals surface area contributed by atoms with Gasteiger partial charge in [0.05, 0.1) is 40.5 Å². The second-order valence-electron chi connectivity index (χ2n) is 11.7. The third kappa shape index (κ3) is 2.97. The Morgan fingerprint density at radius 2 is 1.74 bits per heavy atom. The van der Waals surface area contributed by atoms with Gasteiger partial charge in [-0.1, -0.05) is 54.5 Å². The molecule has 4 atom stereocenters. The number of para-hydroxylation sites is 2. The number of likely N-dealkylation sites (N-methyl/N-ethyl adjacent to an activating group) is 1. The Morgan fingerprint density at radius 3 is 2.49 bits per heavy atom. The SMILES string of the molecule is [2H]c1c([2H])c([2H])c(C(=O)N(C)[C@@H]2C[C@@H]3O[C@@](C)([C@@H]2OC)n2c4ccccc4c4c5c(c6c7ccccc7n3c6c42)C(=O)NC5)c([2H])c1[2H]. The zero-order valence-corrected chi connectivity index (χ0v) is 23.7. The summed E-state index contributed by atoms with van der Waals surface area (Å²) >= 11 is 0. The van der Waals surface area contributed by atoms with Crippen molar-refractivity contribution in [3.05, 3.63) is 95.4 Å². The third-order valence-electron chi connectivity index (χ3n) is 9.73. The van der Waals surface area contributed by atoms with Gasteiger partial charge in [-0.15, -0.1) is 0 Å². The van der Waals surface area contributed by atoms with Crippen molar-refractivity contribution in [2.75, 3.05) is 14.2 Å². The molecule has 6 aromatic rings. The predicted octanol–water partition coefficient (Wildman–Crippen LogP) is 5.91. The summed E-state index contributed by atoms with van der Waals surface area (Å²) in [6, 6.07) is 12.5. The second-order valence-corrected chi connectivity index (χ2v) is 11.7. The number of amides is 2. The lowest BCUT2D eigenvalue weighted by Gasteiger charge is -2.50. The first kappa shape index (κ1) is 20.3. The van der Waals surface area contributed by atoms with Crippen molar-refractivity contribution in [1.29, 1.82) is 0 Å². The van der Waals surface area contributed by atoms with Gasteiger partial charge in [0.25, 0.3) is 11.8 Å². The molecule has 214 valence electrons. The van der Waals surface area contributed by atoms with Crippen LogP contribution < -0.4 is 5.32 Å². The van der Waals surface area contributed by atoms with Crippen LogP contribution in [0.15, 0.2) is 78.7 Å². The summed E-state index contributed by atoms with van der Waals surface area (Å²) in [6.45, 7) is 2.34. The molecule has 43 heavy (non-hydrogen) atoms. The molecule has 3 aliphatic heterocycles. The maximum absolute atomic E-state index is 14.3. The molecule has 5 heterocycles. The maximum atomic E-state index is 14.3. The van der Waals surface area contributed by atoms with Gasteiger partial charge in [0.2, 0.25) is 0 Å². The number of nitrogens with zero attached hydrogens (tertiary/aromatic N) is 3. The van der Waals surface area contributed by atoms with Crippen molar-refractivity contribution in [2.24, 2.45) is 0 Å². The highest BCUT2D eigenvalue weighted by Gasteiger charge is 2.55. The Hall–Kier alpha value is -4.66. The average Bonchev–Trinajstić information content (AvgIpc) is 3.73. The van der Waals surface area contributed by atoms with Crippen LogP contribution >= 0.6 is 0 Å². The molecule has 2 bridgehead atoms. The highest BCUT2D eigenvalue weighted by atomic mass is 16.6. The molecule has 0 unspecified atom stereocenters. The number of aromatic nitrogens is 2. The number of methoxy groups -OCH3 is 1. The van der Waals surface area contributed by atoms with Crippen LogP contribution in [0.25, 0.3) is 43.6 Å². The minimum atomic E-state index is -1.20. The summed E-state index contributed by atoms with van der Waals surface area (Å²) < 4.78 is 59.2. The molecule has 0 spiro atoms. The lowest BCUT2D eigenvalue weighted by molar-refractivity contribution is -0.264. The van der Waals surface area contributed by atoms with E-state index < -0.39 is 65.8 Å². The fraction of sp³-hybridized carbons (Fsp3) is 0.257. The summed E-state index contributed by atoms with van der Waals surface area (Å²) in [7, 11) is 3.15. The van der Waals surface area contributed by atoms with E-state index in [0.717, 1.165) is 49.2 Å². The van der Waals surface area contributed by atoms with Crippen molar-refractivity contribution >= 4 is 55.4 Å². The van der Waals surface area contributed by atoms with Gasteiger partial charge in [0.15, 0.2) is 5.72 Å². The maximum Gasteiger partial charge on any atom is 0.253 e. The van der Waals surface area contributed by atoms with E-state index in [-0.39, 0.29) is 12.3 Å². The molecule has 8 nitrogen and oxygen atoms in total. The fourth-order valence-electron chi connectivity index (χ4n) is 8.08. The van der Waals surface area contributed by atoms with Crippen LogP contribution in [0.1, 0.15) is 52.7 Å². The molecule has 0 saturated carbocycles. The summed E-state index contributed by atoms with van der Waals surface area (Å²) in [6.07, 6.45) is -1.13. The molecule has 0 aliphatic carbocycles. The van der Waals surface area contributed by atoms with Crippen LogP contribution in [0.5, 0.6) is 0 Å². The van der Waals surface area contributed by atoms with Crippen LogP contribution in [0, 0.1) is 0 Å². The normalized spacial score (nSPS) is 25.8. The zero-order valence-electron chi connectivity index (χ0n) is 28.7. The second kappa shape index (κ2) is 8.46. The highest BCUT2D eigenvalue weighted by Crippen LogP contribution is 2.54. The number of fused-ring (bicyclic) bond motifs is 13. The van der Waals surface area contributed by atoms with Gasteiger partial charge in [-0.05, 0) is 36.7 Å².